The number of sulfonamides is 1. The lowest BCUT2D eigenvalue weighted by molar-refractivity contribution is 0.102. The molecule has 6 nitrogen and oxygen atoms in total. The van der Waals surface area contributed by atoms with Crippen LogP contribution in [0.4, 0.5) is 18.9 Å². The van der Waals surface area contributed by atoms with Crippen LogP contribution in [0.3, 0.4) is 0 Å². The van der Waals surface area contributed by atoms with E-state index in [1.54, 1.807) is 0 Å². The van der Waals surface area contributed by atoms with Crippen molar-refractivity contribution in [2.24, 2.45) is 11.8 Å². The first-order valence-corrected chi connectivity index (χ1v) is 10.8. The summed E-state index contributed by atoms with van der Waals surface area (Å²) in [4.78, 5) is 11.8. The van der Waals surface area contributed by atoms with Crippen molar-refractivity contribution < 1.29 is 31.5 Å². The lowest BCUT2D eigenvalue weighted by Crippen LogP contribution is -2.38. The van der Waals surface area contributed by atoms with Crippen LogP contribution in [0.2, 0.25) is 0 Å². The van der Waals surface area contributed by atoms with E-state index in [4.69, 9.17) is 0 Å². The molecule has 3 unspecified atom stereocenters. The Kier molecular flexibility index (Phi) is 5.33. The maximum atomic E-state index is 14.4. The lowest BCUT2D eigenvalue weighted by Gasteiger charge is -2.23. The van der Waals surface area contributed by atoms with Crippen LogP contribution in [0.15, 0.2) is 41.3 Å². The quantitative estimate of drug-likeness (QED) is 0.766. The highest BCUT2D eigenvalue weighted by molar-refractivity contribution is 7.89. The summed E-state index contributed by atoms with van der Waals surface area (Å²) in [6.45, 7) is 0.0504. The van der Waals surface area contributed by atoms with Crippen LogP contribution in [0, 0.1) is 29.3 Å². The number of aliphatic hydroxyl groups excluding tert-OH is 1. The van der Waals surface area contributed by atoms with Crippen LogP contribution in [0.5, 0.6) is 0 Å². The summed E-state index contributed by atoms with van der Waals surface area (Å²) in [6.07, 6.45) is 0.498. The number of hydrogen-bond donors (Lipinski definition) is 2. The maximum Gasteiger partial charge on any atom is 0.255 e. The topological polar surface area (TPSA) is 86.7 Å². The van der Waals surface area contributed by atoms with Crippen molar-refractivity contribution in [3.8, 4) is 0 Å². The molecule has 1 aliphatic carbocycles. The Morgan fingerprint density at radius 2 is 1.70 bits per heavy atom. The van der Waals surface area contributed by atoms with Crippen LogP contribution in [-0.2, 0) is 10.0 Å². The first-order valence-electron chi connectivity index (χ1n) is 9.39. The van der Waals surface area contributed by atoms with E-state index in [2.05, 4.69) is 5.32 Å². The van der Waals surface area contributed by atoms with E-state index >= 15 is 0 Å². The molecule has 160 valence electrons. The van der Waals surface area contributed by atoms with Crippen molar-refractivity contribution in [1.29, 1.82) is 0 Å². The van der Waals surface area contributed by atoms with Gasteiger partial charge < -0.3 is 10.4 Å². The molecular weight excluding hydrogens is 421 g/mol. The van der Waals surface area contributed by atoms with Gasteiger partial charge in [-0.15, -0.1) is 0 Å². The van der Waals surface area contributed by atoms with Gasteiger partial charge in [0.25, 0.3) is 5.91 Å². The van der Waals surface area contributed by atoms with E-state index in [0.29, 0.717) is 6.42 Å². The number of fused-ring (bicyclic) bond motifs is 1. The Balaban J connectivity index is 1.60. The number of amides is 1. The molecule has 1 saturated heterocycles. The van der Waals surface area contributed by atoms with Gasteiger partial charge in [-0.05, 0) is 55.0 Å². The molecule has 2 N–H and O–H groups in total. The molecule has 0 radical (unpaired) electrons. The van der Waals surface area contributed by atoms with E-state index in [0.717, 1.165) is 47.1 Å². The highest BCUT2D eigenvalue weighted by atomic mass is 32.2. The maximum absolute atomic E-state index is 14.4. The fraction of sp³-hybridized carbons (Fsp3) is 0.350. The third-order valence-electron chi connectivity index (χ3n) is 5.49. The van der Waals surface area contributed by atoms with E-state index in [1.165, 1.54) is 0 Å². The molecule has 10 heteroatoms. The van der Waals surface area contributed by atoms with E-state index in [9.17, 15) is 31.5 Å². The normalized spacial score (nSPS) is 24.1. The number of benzene rings is 2. The van der Waals surface area contributed by atoms with Gasteiger partial charge in [-0.1, -0.05) is 0 Å². The van der Waals surface area contributed by atoms with Gasteiger partial charge in [0, 0.05) is 30.4 Å². The molecular formula is C20H19F3N2O4S. The zero-order valence-corrected chi connectivity index (χ0v) is 16.5. The molecule has 3 atom stereocenters. The highest BCUT2D eigenvalue weighted by Crippen LogP contribution is 2.45. The smallest absolute Gasteiger partial charge is 0.255 e. The minimum atomic E-state index is -4.29. The van der Waals surface area contributed by atoms with Crippen molar-refractivity contribution >= 4 is 21.6 Å². The lowest BCUT2D eigenvalue weighted by atomic mass is 10.2. The number of hydrogen-bond acceptors (Lipinski definition) is 4. The van der Waals surface area contributed by atoms with Crippen molar-refractivity contribution in [1.82, 2.24) is 4.31 Å². The Morgan fingerprint density at radius 3 is 2.43 bits per heavy atom. The molecule has 0 aromatic heterocycles. The first-order chi connectivity index (χ1) is 14.1. The number of β-amino-alcohol motifs (C(OH)–C–C–N with tert-alkyl or cyclic N) is 1. The SMILES string of the molecule is O=C(Nc1ccc(F)c(F)c1)c1ccc(F)c(S(=O)(=O)N2CC(O)CC3CC3C2)c1. The highest BCUT2D eigenvalue weighted by Gasteiger charge is 2.45. The van der Waals surface area contributed by atoms with Crippen molar-refractivity contribution in [2.45, 2.75) is 23.8 Å². The number of rotatable bonds is 4. The molecule has 0 bridgehead atoms. The van der Waals surface area contributed by atoms with E-state index < -0.39 is 44.4 Å². The number of carbonyl (C=O) groups is 1. The minimum absolute atomic E-state index is 0.0388. The van der Waals surface area contributed by atoms with Crippen molar-refractivity contribution in [2.75, 3.05) is 18.4 Å². The molecule has 2 aromatic rings. The summed E-state index contributed by atoms with van der Waals surface area (Å²) >= 11 is 0. The molecule has 1 aliphatic heterocycles. The average Bonchev–Trinajstić information content (AvgIpc) is 3.42. The number of aliphatic hydroxyl groups is 1. The fourth-order valence-electron chi connectivity index (χ4n) is 3.77. The number of nitrogens with zero attached hydrogens (tertiary/aromatic N) is 1. The molecule has 1 heterocycles. The molecule has 4 rings (SSSR count). The van der Waals surface area contributed by atoms with Gasteiger partial charge in [0.2, 0.25) is 10.0 Å². The number of anilines is 1. The largest absolute Gasteiger partial charge is 0.392 e. The molecule has 1 saturated carbocycles. The Morgan fingerprint density at radius 1 is 0.967 bits per heavy atom. The van der Waals surface area contributed by atoms with Crippen LogP contribution < -0.4 is 5.32 Å². The van der Waals surface area contributed by atoms with Gasteiger partial charge in [0.15, 0.2) is 11.6 Å². The Labute approximate surface area is 171 Å². The van der Waals surface area contributed by atoms with Gasteiger partial charge in [0.1, 0.15) is 10.7 Å². The third-order valence-corrected chi connectivity index (χ3v) is 7.33. The second kappa shape index (κ2) is 7.68. The molecule has 2 aliphatic rings. The van der Waals surface area contributed by atoms with Crippen LogP contribution >= 0.6 is 0 Å². The van der Waals surface area contributed by atoms with Crippen molar-refractivity contribution in [3.63, 3.8) is 0 Å². The number of halogens is 3. The average molecular weight is 440 g/mol. The summed E-state index contributed by atoms with van der Waals surface area (Å²) in [5, 5.41) is 12.4. The van der Waals surface area contributed by atoms with Gasteiger partial charge in [-0.2, -0.15) is 4.31 Å². The summed E-state index contributed by atoms with van der Waals surface area (Å²) in [5.74, 6) is -3.66. The third kappa shape index (κ3) is 4.07. The second-order valence-electron chi connectivity index (χ2n) is 7.70. The Bertz CT molecular complexity index is 1110. The molecule has 30 heavy (non-hydrogen) atoms. The van der Waals surface area contributed by atoms with Gasteiger partial charge >= 0.3 is 0 Å². The molecule has 2 aromatic carbocycles. The van der Waals surface area contributed by atoms with Gasteiger partial charge in [0.05, 0.1) is 6.10 Å². The fourth-order valence-corrected chi connectivity index (χ4v) is 5.40. The molecule has 1 amide bonds. The van der Waals surface area contributed by atoms with Crippen LogP contribution in [-0.4, -0.2) is 42.9 Å². The van der Waals surface area contributed by atoms with E-state index in [-0.39, 0.29) is 36.2 Å². The van der Waals surface area contributed by atoms with Gasteiger partial charge in [-0.3, -0.25) is 4.79 Å². The molecule has 0 spiro atoms. The summed E-state index contributed by atoms with van der Waals surface area (Å²) in [6, 6.07) is 5.61. The predicted octanol–water partition coefficient (Wildman–Crippen LogP) is 2.75. The van der Waals surface area contributed by atoms with E-state index in [1.807, 2.05) is 0 Å². The zero-order valence-electron chi connectivity index (χ0n) is 15.7. The zero-order chi connectivity index (χ0) is 21.6. The van der Waals surface area contributed by atoms with Crippen molar-refractivity contribution in [3.05, 3.63) is 59.4 Å². The van der Waals surface area contributed by atoms with Crippen LogP contribution in [0.25, 0.3) is 0 Å². The monoisotopic (exact) mass is 440 g/mol. The number of carbonyl (C=O) groups excluding carboxylic acids is 1. The van der Waals surface area contributed by atoms with Crippen LogP contribution in [0.1, 0.15) is 23.2 Å². The Hall–Kier alpha value is -2.43. The second-order valence-corrected chi connectivity index (χ2v) is 9.60. The molecule has 2 fully saturated rings. The van der Waals surface area contributed by atoms with Gasteiger partial charge in [-0.25, -0.2) is 21.6 Å². The summed E-state index contributed by atoms with van der Waals surface area (Å²) in [7, 11) is -4.29. The number of nitrogens with one attached hydrogen (secondary N) is 1. The summed E-state index contributed by atoms with van der Waals surface area (Å²) in [5.41, 5.74) is -0.206. The summed E-state index contributed by atoms with van der Waals surface area (Å²) < 4.78 is 67.9. The standard InChI is InChI=1S/C20H19F3N2O4S/c21-16-4-2-14(8-18(16)23)24-20(27)11-1-3-17(22)19(7-11)30(28,29)25-9-13-5-12(13)6-15(26)10-25/h1-4,7-8,12-13,15,26H,5-6,9-10H2,(H,24,27). The predicted molar refractivity (Wildman–Crippen MR) is 102 cm³/mol. The first kappa shape index (κ1) is 20.8. The minimum Gasteiger partial charge on any atom is -0.392 e.